The maximum Gasteiger partial charge on any atom is 0.333 e. The van der Waals surface area contributed by atoms with Crippen LogP contribution in [0, 0.1) is 11.3 Å². The number of carbonyl (C=O) groups is 6. The van der Waals surface area contributed by atoms with Crippen molar-refractivity contribution in [3.05, 3.63) is 56.6 Å². The van der Waals surface area contributed by atoms with Crippen LogP contribution < -0.4 is 0 Å². The second-order valence-corrected chi connectivity index (χ2v) is 11.9. The monoisotopic (exact) mass is 633 g/mol. The van der Waals surface area contributed by atoms with Crippen LogP contribution in [0.4, 0.5) is 0 Å². The van der Waals surface area contributed by atoms with Crippen molar-refractivity contribution < 1.29 is 47.7 Å². The number of ketones is 4. The van der Waals surface area contributed by atoms with Gasteiger partial charge in [-0.15, -0.1) is 0 Å². The van der Waals surface area contributed by atoms with E-state index >= 15 is 0 Å². The van der Waals surface area contributed by atoms with E-state index in [9.17, 15) is 34.0 Å². The zero-order valence-corrected chi connectivity index (χ0v) is 26.9. The van der Waals surface area contributed by atoms with E-state index in [4.69, 9.17) is 18.9 Å². The number of likely N-dealkylation sites (N-methyl/N-ethyl adjacent to an activating group) is 1. The van der Waals surface area contributed by atoms with Crippen molar-refractivity contribution in [1.82, 2.24) is 9.80 Å². The third-order valence-corrected chi connectivity index (χ3v) is 9.66. The lowest BCUT2D eigenvalue weighted by molar-refractivity contribution is -0.160. The SMILES string of the molecule is CC=C(C)C(=O)OCC1C2=C(CC3C4C5=C(C(=O)C(C)=C(OC)C5=O)C(OC(C)=O)C(C(C#N)N13)N4C)C(=O)C(C)=C(OC)C2=O. The average molecular weight is 634 g/mol. The standard InChI is InChI=1S/C33H35N3O10/c1-9-13(2)33(42)45-12-20-21-17(26(38)14(3)30(43-7)28(21)40)10-18-24-22-23(27(39)15(4)31(44-8)29(22)41)32(46-16(5)37)25(35(24)6)19(11-34)36(18)20/h9,18-20,24-25,32H,10,12H2,1-8H3. The first-order chi connectivity index (χ1) is 21.8. The fraction of sp³-hybridized carbons (Fsp3) is 0.485. The molecule has 0 spiro atoms. The number of methoxy groups -OCH3 is 2. The van der Waals surface area contributed by atoms with E-state index in [2.05, 4.69) is 6.07 Å². The molecule has 0 aromatic heterocycles. The maximum absolute atomic E-state index is 14.1. The van der Waals surface area contributed by atoms with Gasteiger partial charge in [0.05, 0.1) is 44.0 Å². The number of allylic oxidation sites excluding steroid dienone is 5. The smallest absolute Gasteiger partial charge is 0.333 e. The Morgan fingerprint density at radius 3 is 2.07 bits per heavy atom. The fourth-order valence-corrected chi connectivity index (χ4v) is 7.52. The summed E-state index contributed by atoms with van der Waals surface area (Å²) in [5, 5.41) is 10.8. The molecule has 1 fully saturated rings. The van der Waals surface area contributed by atoms with E-state index in [0.717, 1.165) is 6.92 Å². The quantitative estimate of drug-likeness (QED) is 0.232. The first-order valence-corrected chi connectivity index (χ1v) is 14.8. The highest BCUT2D eigenvalue weighted by Gasteiger charge is 2.63. The number of piperazine rings is 1. The Hall–Kier alpha value is -4.67. The van der Waals surface area contributed by atoms with E-state index in [1.807, 2.05) is 0 Å². The first kappa shape index (κ1) is 32.7. The summed E-state index contributed by atoms with van der Waals surface area (Å²) in [6, 6.07) is -2.75. The molecule has 0 amide bonds. The summed E-state index contributed by atoms with van der Waals surface area (Å²) < 4.78 is 22.1. The highest BCUT2D eigenvalue weighted by Crippen LogP contribution is 2.49. The summed E-state index contributed by atoms with van der Waals surface area (Å²) in [5.74, 6) is -3.91. The van der Waals surface area contributed by atoms with Crippen molar-refractivity contribution in [3.8, 4) is 6.07 Å². The fourth-order valence-electron chi connectivity index (χ4n) is 7.52. The molecule has 46 heavy (non-hydrogen) atoms. The van der Waals surface area contributed by atoms with Crippen LogP contribution in [0.15, 0.2) is 56.6 Å². The third-order valence-electron chi connectivity index (χ3n) is 9.66. The molecule has 0 aromatic carbocycles. The van der Waals surface area contributed by atoms with Crippen molar-refractivity contribution in [2.75, 3.05) is 27.9 Å². The second kappa shape index (κ2) is 11.9. The first-order valence-electron chi connectivity index (χ1n) is 14.8. The molecule has 13 heteroatoms. The van der Waals surface area contributed by atoms with Gasteiger partial charge >= 0.3 is 11.9 Å². The Kier molecular flexibility index (Phi) is 8.48. The van der Waals surface area contributed by atoms with Crippen LogP contribution in [-0.4, -0.2) is 109 Å². The Labute approximate surface area is 265 Å². The van der Waals surface area contributed by atoms with Crippen LogP contribution in [0.1, 0.15) is 41.0 Å². The highest BCUT2D eigenvalue weighted by molar-refractivity contribution is 6.26. The second-order valence-electron chi connectivity index (χ2n) is 11.9. The van der Waals surface area contributed by atoms with Gasteiger partial charge < -0.3 is 18.9 Å². The van der Waals surface area contributed by atoms with E-state index in [-0.39, 0.29) is 51.4 Å². The lowest BCUT2D eigenvalue weighted by atomic mass is 9.66. The minimum absolute atomic E-state index is 0.0211. The van der Waals surface area contributed by atoms with Gasteiger partial charge in [-0.1, -0.05) is 6.08 Å². The van der Waals surface area contributed by atoms with Crippen molar-refractivity contribution in [3.63, 3.8) is 0 Å². The normalized spacial score (nSPS) is 30.1. The van der Waals surface area contributed by atoms with Crippen LogP contribution in [0.25, 0.3) is 0 Å². The summed E-state index contributed by atoms with van der Waals surface area (Å²) in [6.07, 6.45) is 0.146. The molecule has 0 N–H and O–H groups in total. The number of fused-ring (bicyclic) bond motifs is 5. The molecule has 13 nitrogen and oxygen atoms in total. The van der Waals surface area contributed by atoms with Gasteiger partial charge in [0.1, 0.15) is 18.8 Å². The van der Waals surface area contributed by atoms with Gasteiger partial charge in [0, 0.05) is 46.4 Å². The molecule has 6 unspecified atom stereocenters. The molecule has 3 heterocycles. The van der Waals surface area contributed by atoms with Crippen LogP contribution in [0.5, 0.6) is 0 Å². The van der Waals surface area contributed by atoms with Gasteiger partial charge in [-0.25, -0.2) is 4.79 Å². The van der Waals surface area contributed by atoms with Crippen molar-refractivity contribution in [1.29, 1.82) is 5.26 Å². The number of hydrogen-bond acceptors (Lipinski definition) is 13. The topological polar surface area (TPSA) is 170 Å². The van der Waals surface area contributed by atoms with Crippen molar-refractivity contribution in [2.45, 2.75) is 77.4 Å². The number of esters is 2. The van der Waals surface area contributed by atoms with Crippen molar-refractivity contribution >= 4 is 35.1 Å². The minimum Gasteiger partial charge on any atom is -0.492 e. The molecule has 242 valence electrons. The average Bonchev–Trinajstić information content (AvgIpc) is 3.02. The lowest BCUT2D eigenvalue weighted by Gasteiger charge is -2.61. The summed E-state index contributed by atoms with van der Waals surface area (Å²) in [5.41, 5.74) is 0.592. The number of hydrogen-bond donors (Lipinski definition) is 0. The highest BCUT2D eigenvalue weighted by atomic mass is 16.5. The molecule has 2 bridgehead atoms. The van der Waals surface area contributed by atoms with Gasteiger partial charge in [-0.05, 0) is 41.2 Å². The number of carbonyl (C=O) groups excluding carboxylic acids is 6. The third kappa shape index (κ3) is 4.58. The molecule has 0 aromatic rings. The lowest BCUT2D eigenvalue weighted by Crippen LogP contribution is -2.77. The summed E-state index contributed by atoms with van der Waals surface area (Å²) in [7, 11) is 4.20. The van der Waals surface area contributed by atoms with Crippen LogP contribution in [-0.2, 0) is 47.7 Å². The van der Waals surface area contributed by atoms with E-state index in [1.165, 1.54) is 28.1 Å². The number of nitriles is 1. The largest absolute Gasteiger partial charge is 0.492 e. The Bertz CT molecular complexity index is 1700. The molecule has 2 aliphatic carbocycles. The van der Waals surface area contributed by atoms with E-state index < -0.39 is 78.0 Å². The van der Waals surface area contributed by atoms with Gasteiger partial charge in [0.25, 0.3) is 0 Å². The van der Waals surface area contributed by atoms with Crippen LogP contribution in [0.3, 0.4) is 0 Å². The van der Waals surface area contributed by atoms with Crippen molar-refractivity contribution in [2.24, 2.45) is 0 Å². The summed E-state index contributed by atoms with van der Waals surface area (Å²) >= 11 is 0. The van der Waals surface area contributed by atoms with E-state index in [0.29, 0.717) is 5.57 Å². The number of rotatable bonds is 6. The van der Waals surface area contributed by atoms with Crippen LogP contribution >= 0.6 is 0 Å². The van der Waals surface area contributed by atoms with E-state index in [1.54, 1.807) is 36.8 Å². The molecule has 0 radical (unpaired) electrons. The minimum atomic E-state index is -1.34. The van der Waals surface area contributed by atoms with Gasteiger partial charge in [-0.3, -0.25) is 33.8 Å². The zero-order valence-electron chi connectivity index (χ0n) is 26.9. The molecular formula is C33H35N3O10. The Morgan fingerprint density at radius 2 is 1.52 bits per heavy atom. The molecule has 6 atom stereocenters. The molecule has 0 saturated carbocycles. The molecule has 5 aliphatic rings. The molecule has 3 aliphatic heterocycles. The summed E-state index contributed by atoms with van der Waals surface area (Å²) in [4.78, 5) is 84.5. The van der Waals surface area contributed by atoms with Crippen LogP contribution in [0.2, 0.25) is 0 Å². The zero-order chi connectivity index (χ0) is 33.9. The molecule has 5 rings (SSSR count). The Morgan fingerprint density at radius 1 is 0.935 bits per heavy atom. The summed E-state index contributed by atoms with van der Waals surface area (Å²) in [6.45, 7) is 6.89. The number of Topliss-reactive ketones (excluding diaryl/α,β-unsaturated/α-hetero) is 4. The van der Waals surface area contributed by atoms with Gasteiger partial charge in [0.2, 0.25) is 11.6 Å². The predicted octanol–water partition coefficient (Wildman–Crippen LogP) is 1.20. The maximum atomic E-state index is 14.1. The van der Waals surface area contributed by atoms with Gasteiger partial charge in [-0.2, -0.15) is 5.26 Å². The predicted molar refractivity (Wildman–Crippen MR) is 158 cm³/mol. The molecule has 1 saturated heterocycles. The Balaban J connectivity index is 1.78. The molecular weight excluding hydrogens is 598 g/mol. The number of nitrogens with zero attached hydrogens (tertiary/aromatic N) is 3. The van der Waals surface area contributed by atoms with Gasteiger partial charge in [0.15, 0.2) is 23.1 Å². The number of ether oxygens (including phenoxy) is 4.